The maximum atomic E-state index is 13.0. The summed E-state index contributed by atoms with van der Waals surface area (Å²) in [6.07, 6.45) is -2.24. The lowest BCUT2D eigenvalue weighted by atomic mass is 10.2. The lowest BCUT2D eigenvalue weighted by Gasteiger charge is -2.13. The lowest BCUT2D eigenvalue weighted by molar-refractivity contribution is -0.137. The van der Waals surface area contributed by atoms with Crippen molar-refractivity contribution in [3.8, 4) is 0 Å². The monoisotopic (exact) mass is 539 g/mol. The van der Waals surface area contributed by atoms with Crippen molar-refractivity contribution in [1.82, 2.24) is 25.2 Å². The Kier molecular flexibility index (Phi) is 7.19. The number of alkyl halides is 3. The predicted molar refractivity (Wildman–Crippen MR) is 125 cm³/mol. The summed E-state index contributed by atoms with van der Waals surface area (Å²) >= 11 is 6.56. The van der Waals surface area contributed by atoms with Crippen molar-refractivity contribution in [1.29, 1.82) is 0 Å². The summed E-state index contributed by atoms with van der Waals surface area (Å²) in [6.45, 7) is 0.381. The number of nitrogens with zero attached hydrogens (tertiary/aromatic N) is 4. The topological polar surface area (TPSA) is 129 Å². The zero-order chi connectivity index (χ0) is 26.0. The number of hydrogen-bond donors (Lipinski definition) is 3. The first kappa shape index (κ1) is 25.5. The summed E-state index contributed by atoms with van der Waals surface area (Å²) in [5, 5.41) is 7.58. The minimum absolute atomic E-state index is 0.0308. The van der Waals surface area contributed by atoms with Crippen molar-refractivity contribution in [2.75, 3.05) is 24.2 Å². The number of amides is 3. The molecule has 0 atom stereocenters. The highest BCUT2D eigenvalue weighted by molar-refractivity contribution is 7.13. The molecule has 10 nitrogen and oxygen atoms in total. The number of likely N-dealkylation sites (N-methyl/N-ethyl adjacent to an activating group) is 1. The smallest absolute Gasteiger partial charge is 0.344 e. The van der Waals surface area contributed by atoms with Gasteiger partial charge in [-0.05, 0) is 25.2 Å². The normalized spacial score (nSPS) is 14.0. The van der Waals surface area contributed by atoms with Crippen molar-refractivity contribution < 1.29 is 27.6 Å². The second kappa shape index (κ2) is 10.2. The van der Waals surface area contributed by atoms with Gasteiger partial charge in [0.15, 0.2) is 0 Å². The van der Waals surface area contributed by atoms with Crippen LogP contribution in [0.1, 0.15) is 36.3 Å². The molecule has 0 spiro atoms. The van der Waals surface area contributed by atoms with Gasteiger partial charge >= 0.3 is 6.18 Å². The highest BCUT2D eigenvalue weighted by Gasteiger charge is 2.33. The molecule has 1 aliphatic heterocycles. The Morgan fingerprint density at radius 2 is 1.97 bits per heavy atom. The van der Waals surface area contributed by atoms with E-state index in [1.54, 1.807) is 11.9 Å². The van der Waals surface area contributed by atoms with E-state index in [4.69, 9.17) is 11.6 Å². The van der Waals surface area contributed by atoms with Gasteiger partial charge in [0, 0.05) is 17.8 Å². The second-order valence-electron chi connectivity index (χ2n) is 7.72. The molecule has 15 heteroatoms. The average molecular weight is 540 g/mol. The van der Waals surface area contributed by atoms with Gasteiger partial charge in [-0.15, -0.1) is 11.3 Å². The summed E-state index contributed by atoms with van der Waals surface area (Å²) in [6, 6.07) is 3.04. The molecule has 1 aromatic carbocycles. The molecule has 4 rings (SSSR count). The molecule has 0 saturated heterocycles. The van der Waals surface area contributed by atoms with Crippen LogP contribution < -0.4 is 16.0 Å². The number of carbonyl (C=O) groups excluding carboxylic acids is 3. The van der Waals surface area contributed by atoms with E-state index in [-0.39, 0.29) is 47.6 Å². The van der Waals surface area contributed by atoms with Gasteiger partial charge in [0.05, 0.1) is 29.9 Å². The molecule has 0 radical (unpaired) electrons. The molecule has 36 heavy (non-hydrogen) atoms. The third-order valence-electron chi connectivity index (χ3n) is 4.97. The molecule has 3 aromatic rings. The van der Waals surface area contributed by atoms with E-state index < -0.39 is 28.6 Å². The van der Waals surface area contributed by atoms with Crippen LogP contribution in [0.5, 0.6) is 0 Å². The number of nitrogens with one attached hydrogen (secondary N) is 3. The van der Waals surface area contributed by atoms with Gasteiger partial charge in [-0.2, -0.15) is 13.2 Å². The van der Waals surface area contributed by atoms with Gasteiger partial charge in [0.2, 0.25) is 5.91 Å². The van der Waals surface area contributed by atoms with E-state index in [0.29, 0.717) is 10.6 Å². The zero-order valence-electron chi connectivity index (χ0n) is 18.4. The van der Waals surface area contributed by atoms with Crippen LogP contribution in [0.25, 0.3) is 0 Å². The van der Waals surface area contributed by atoms with Crippen LogP contribution in [0.2, 0.25) is 5.02 Å². The van der Waals surface area contributed by atoms with E-state index in [2.05, 4.69) is 30.9 Å². The van der Waals surface area contributed by atoms with E-state index >= 15 is 0 Å². The van der Waals surface area contributed by atoms with Gasteiger partial charge in [0.1, 0.15) is 27.7 Å². The first-order valence-corrected chi connectivity index (χ1v) is 11.4. The Morgan fingerprint density at radius 1 is 1.19 bits per heavy atom. The van der Waals surface area contributed by atoms with E-state index in [0.717, 1.165) is 23.5 Å². The van der Waals surface area contributed by atoms with E-state index in [1.165, 1.54) is 18.6 Å². The average Bonchev–Trinajstić information content (AvgIpc) is 3.22. The number of benzene rings is 1. The number of halogens is 4. The van der Waals surface area contributed by atoms with Gasteiger partial charge < -0.3 is 16.0 Å². The van der Waals surface area contributed by atoms with Gasteiger partial charge in [0.25, 0.3) is 11.8 Å². The van der Waals surface area contributed by atoms with Crippen molar-refractivity contribution in [3.05, 3.63) is 62.5 Å². The van der Waals surface area contributed by atoms with Crippen LogP contribution in [0.3, 0.4) is 0 Å². The lowest BCUT2D eigenvalue weighted by Crippen LogP contribution is -2.27. The first-order valence-electron chi connectivity index (χ1n) is 10.2. The third kappa shape index (κ3) is 5.78. The predicted octanol–water partition coefficient (Wildman–Crippen LogP) is 3.17. The second-order valence-corrected chi connectivity index (χ2v) is 9.24. The molecule has 0 bridgehead atoms. The van der Waals surface area contributed by atoms with Gasteiger partial charge in [-0.1, -0.05) is 11.6 Å². The number of anilines is 2. The number of rotatable bonds is 5. The number of thiazole rings is 1. The summed E-state index contributed by atoms with van der Waals surface area (Å²) in [5.41, 5.74) is -0.597. The summed E-state index contributed by atoms with van der Waals surface area (Å²) in [7, 11) is 1.72. The van der Waals surface area contributed by atoms with Crippen LogP contribution in [0, 0.1) is 0 Å². The minimum Gasteiger partial charge on any atom is -0.344 e. The van der Waals surface area contributed by atoms with Crippen molar-refractivity contribution in [3.63, 3.8) is 0 Å². The first-order chi connectivity index (χ1) is 17.0. The summed E-state index contributed by atoms with van der Waals surface area (Å²) < 4.78 is 39.1. The Morgan fingerprint density at radius 3 is 2.72 bits per heavy atom. The summed E-state index contributed by atoms with van der Waals surface area (Å²) in [5.74, 6) is -1.20. The van der Waals surface area contributed by atoms with E-state index in [9.17, 15) is 27.6 Å². The van der Waals surface area contributed by atoms with Crippen LogP contribution in [-0.4, -0.2) is 51.2 Å². The van der Waals surface area contributed by atoms with Crippen LogP contribution >= 0.6 is 22.9 Å². The molecule has 3 amide bonds. The van der Waals surface area contributed by atoms with Crippen molar-refractivity contribution in [2.45, 2.75) is 19.3 Å². The Hall–Kier alpha value is -3.62. The Balaban J connectivity index is 1.42. The maximum Gasteiger partial charge on any atom is 0.417 e. The van der Waals surface area contributed by atoms with Gasteiger partial charge in [-0.25, -0.2) is 15.0 Å². The fourth-order valence-corrected chi connectivity index (χ4v) is 4.34. The van der Waals surface area contributed by atoms with Crippen molar-refractivity contribution >= 4 is 52.2 Å². The number of carbonyl (C=O) groups is 3. The maximum absolute atomic E-state index is 13.0. The standard InChI is InChI=1S/C21H17ClF3N7O3S/c1-32-7-11-17(28-9-29-18(11)31-15(33)8-32)20(35)27-6-16-26-5-14(36-16)19(34)30-10-2-3-13(22)12(4-10)21(23,24)25/h2-5,9H,6-8H2,1H3,(H,27,35)(H,30,34)(H,28,29,31,33). The van der Waals surface area contributed by atoms with Crippen molar-refractivity contribution in [2.24, 2.45) is 0 Å². The highest BCUT2D eigenvalue weighted by atomic mass is 35.5. The largest absolute Gasteiger partial charge is 0.417 e. The van der Waals surface area contributed by atoms with Crippen LogP contribution in [-0.2, 0) is 24.1 Å². The number of aromatic nitrogens is 3. The summed E-state index contributed by atoms with van der Waals surface area (Å²) in [4.78, 5) is 51.1. The molecule has 188 valence electrons. The van der Waals surface area contributed by atoms with Crippen LogP contribution in [0.15, 0.2) is 30.7 Å². The number of hydrogen-bond acceptors (Lipinski definition) is 8. The molecule has 1 aliphatic rings. The van der Waals surface area contributed by atoms with Gasteiger partial charge in [-0.3, -0.25) is 19.3 Å². The molecule has 0 unspecified atom stereocenters. The Bertz CT molecular complexity index is 1350. The SMILES string of the molecule is CN1CC(=O)Nc2ncnc(C(=O)NCc3ncc(C(=O)Nc4ccc(Cl)c(C(F)(F)F)c4)s3)c2C1. The minimum atomic E-state index is -4.67. The molecule has 3 heterocycles. The van der Waals surface area contributed by atoms with Crippen LogP contribution in [0.4, 0.5) is 24.7 Å². The molecule has 0 fully saturated rings. The molecule has 3 N–H and O–H groups in total. The Labute approximate surface area is 210 Å². The number of fused-ring (bicyclic) bond motifs is 1. The quantitative estimate of drug-likeness (QED) is 0.454. The fraction of sp³-hybridized carbons (Fsp3) is 0.238. The highest BCUT2D eigenvalue weighted by Crippen LogP contribution is 2.36. The van der Waals surface area contributed by atoms with E-state index in [1.807, 2.05) is 0 Å². The molecule has 2 aromatic heterocycles. The third-order valence-corrected chi connectivity index (χ3v) is 6.29. The molecule has 0 aliphatic carbocycles. The fourth-order valence-electron chi connectivity index (χ4n) is 3.36. The molecule has 0 saturated carbocycles. The molecular formula is C21H17ClF3N7O3S. The molecular weight excluding hydrogens is 523 g/mol. The zero-order valence-corrected chi connectivity index (χ0v) is 20.0.